The van der Waals surface area contributed by atoms with E-state index in [1.54, 1.807) is 0 Å². The van der Waals surface area contributed by atoms with Gasteiger partial charge in [0.15, 0.2) is 0 Å². The third-order valence-corrected chi connectivity index (χ3v) is 12.0. The number of nitrogens with zero attached hydrogens (tertiary/aromatic N) is 1. The van der Waals surface area contributed by atoms with Crippen molar-refractivity contribution >= 4 is 19.9 Å². The molecule has 3 rings (SSSR count). The standard InChI is InChI=1S/C28H42N2O3Si/c1-21-8-10-23(11-9-21)20-28(32)16-18-30(19-17-28)22(2)26(31)29-24-12-14-25(15-13-24)33-34(6,7)27(3,4)5/h8-15,22,32H,16-20H2,1-7H3,(H,29,31). The lowest BCUT2D eigenvalue weighted by Crippen LogP contribution is -2.51. The molecule has 186 valence electrons. The number of nitrogens with one attached hydrogen (secondary N) is 1. The summed E-state index contributed by atoms with van der Waals surface area (Å²) in [5, 5.41) is 14.3. The summed E-state index contributed by atoms with van der Waals surface area (Å²) < 4.78 is 6.33. The first-order valence-electron chi connectivity index (χ1n) is 12.4. The van der Waals surface area contributed by atoms with E-state index in [0.717, 1.165) is 17.0 Å². The minimum Gasteiger partial charge on any atom is -0.544 e. The number of aliphatic hydroxyl groups is 1. The van der Waals surface area contributed by atoms with Gasteiger partial charge < -0.3 is 14.8 Å². The first-order chi connectivity index (χ1) is 15.8. The van der Waals surface area contributed by atoms with Gasteiger partial charge in [0.2, 0.25) is 14.2 Å². The lowest BCUT2D eigenvalue weighted by molar-refractivity contribution is -0.122. The number of hydrogen-bond donors (Lipinski definition) is 2. The number of aryl methyl sites for hydroxylation is 1. The van der Waals surface area contributed by atoms with Crippen molar-refractivity contribution in [2.75, 3.05) is 18.4 Å². The molecule has 2 N–H and O–H groups in total. The van der Waals surface area contributed by atoms with E-state index in [9.17, 15) is 9.90 Å². The summed E-state index contributed by atoms with van der Waals surface area (Å²) in [5.74, 6) is 0.823. The van der Waals surface area contributed by atoms with Gasteiger partial charge in [-0.25, -0.2) is 0 Å². The summed E-state index contributed by atoms with van der Waals surface area (Å²) in [6.07, 6.45) is 1.99. The zero-order valence-corrected chi connectivity index (χ0v) is 22.9. The Balaban J connectivity index is 1.51. The van der Waals surface area contributed by atoms with Crippen molar-refractivity contribution in [1.29, 1.82) is 0 Å². The van der Waals surface area contributed by atoms with E-state index >= 15 is 0 Å². The van der Waals surface area contributed by atoms with Crippen LogP contribution in [0.3, 0.4) is 0 Å². The molecule has 34 heavy (non-hydrogen) atoms. The van der Waals surface area contributed by atoms with Crippen molar-refractivity contribution in [3.05, 3.63) is 59.7 Å². The number of carbonyl (C=O) groups excluding carboxylic acids is 1. The fraction of sp³-hybridized carbons (Fsp3) is 0.536. The van der Waals surface area contributed by atoms with Crippen LogP contribution in [-0.4, -0.2) is 49.0 Å². The fourth-order valence-electron chi connectivity index (χ4n) is 4.06. The van der Waals surface area contributed by atoms with Crippen LogP contribution in [0.15, 0.2) is 48.5 Å². The van der Waals surface area contributed by atoms with Gasteiger partial charge in [-0.2, -0.15) is 0 Å². The molecule has 1 atom stereocenters. The van der Waals surface area contributed by atoms with Crippen LogP contribution in [0, 0.1) is 6.92 Å². The van der Waals surface area contributed by atoms with E-state index < -0.39 is 13.9 Å². The first kappa shape index (κ1) is 26.5. The van der Waals surface area contributed by atoms with Gasteiger partial charge >= 0.3 is 0 Å². The number of carbonyl (C=O) groups is 1. The Bertz CT molecular complexity index is 957. The van der Waals surface area contributed by atoms with Crippen LogP contribution in [0.5, 0.6) is 5.75 Å². The summed E-state index contributed by atoms with van der Waals surface area (Å²) in [6, 6.07) is 15.8. The van der Waals surface area contributed by atoms with Crippen LogP contribution >= 0.6 is 0 Å². The van der Waals surface area contributed by atoms with Crippen LogP contribution in [0.4, 0.5) is 5.69 Å². The molecule has 1 aliphatic rings. The van der Waals surface area contributed by atoms with E-state index in [1.165, 1.54) is 5.56 Å². The van der Waals surface area contributed by atoms with Gasteiger partial charge in [-0.3, -0.25) is 9.69 Å². The minimum atomic E-state index is -1.89. The Morgan fingerprint density at radius 2 is 1.65 bits per heavy atom. The smallest absolute Gasteiger partial charge is 0.250 e. The number of amides is 1. The highest BCUT2D eigenvalue weighted by Crippen LogP contribution is 2.37. The Labute approximate surface area is 206 Å². The number of benzene rings is 2. The predicted octanol–water partition coefficient (Wildman–Crippen LogP) is 5.78. The normalized spacial score (nSPS) is 17.8. The molecule has 6 heteroatoms. The average molecular weight is 483 g/mol. The topological polar surface area (TPSA) is 61.8 Å². The van der Waals surface area contributed by atoms with E-state index in [2.05, 4.69) is 75.3 Å². The largest absolute Gasteiger partial charge is 0.544 e. The van der Waals surface area contributed by atoms with Gasteiger partial charge in [-0.15, -0.1) is 0 Å². The molecule has 0 saturated carbocycles. The maximum Gasteiger partial charge on any atom is 0.250 e. The number of anilines is 1. The number of piperidine rings is 1. The number of hydrogen-bond acceptors (Lipinski definition) is 4. The molecule has 0 aromatic heterocycles. The summed E-state index contributed by atoms with van der Waals surface area (Å²) in [7, 11) is -1.89. The molecule has 1 unspecified atom stereocenters. The van der Waals surface area contributed by atoms with E-state index in [4.69, 9.17) is 4.43 Å². The van der Waals surface area contributed by atoms with Crippen molar-refractivity contribution in [1.82, 2.24) is 4.90 Å². The van der Waals surface area contributed by atoms with E-state index in [0.29, 0.717) is 32.4 Å². The summed E-state index contributed by atoms with van der Waals surface area (Å²) in [4.78, 5) is 15.1. The fourth-order valence-corrected chi connectivity index (χ4v) is 5.09. The molecule has 1 aliphatic heterocycles. The molecule has 0 radical (unpaired) electrons. The second-order valence-electron chi connectivity index (χ2n) is 11.5. The van der Waals surface area contributed by atoms with Crippen LogP contribution in [0.25, 0.3) is 0 Å². The third kappa shape index (κ3) is 6.71. The Morgan fingerprint density at radius 3 is 2.18 bits per heavy atom. The highest BCUT2D eigenvalue weighted by Gasteiger charge is 2.39. The molecule has 1 fully saturated rings. The van der Waals surface area contributed by atoms with Gasteiger partial charge in [-0.05, 0) is 74.7 Å². The van der Waals surface area contributed by atoms with Crippen LogP contribution < -0.4 is 9.74 Å². The first-order valence-corrected chi connectivity index (χ1v) is 15.3. The molecule has 1 amide bonds. The molecule has 2 aromatic rings. The quantitative estimate of drug-likeness (QED) is 0.492. The zero-order chi connectivity index (χ0) is 25.1. The molecular weight excluding hydrogens is 440 g/mol. The summed E-state index contributed by atoms with van der Waals surface area (Å²) >= 11 is 0. The minimum absolute atomic E-state index is 0.0259. The van der Waals surface area contributed by atoms with Gasteiger partial charge in [0.25, 0.3) is 0 Å². The van der Waals surface area contributed by atoms with E-state index in [-0.39, 0.29) is 17.0 Å². The molecule has 0 bridgehead atoms. The predicted molar refractivity (Wildman–Crippen MR) is 143 cm³/mol. The molecule has 1 saturated heterocycles. The summed E-state index contributed by atoms with van der Waals surface area (Å²) in [5.41, 5.74) is 2.45. The zero-order valence-electron chi connectivity index (χ0n) is 21.9. The highest BCUT2D eigenvalue weighted by atomic mass is 28.4. The van der Waals surface area contributed by atoms with Crippen molar-refractivity contribution in [3.8, 4) is 5.75 Å². The van der Waals surface area contributed by atoms with Crippen molar-refractivity contribution in [2.24, 2.45) is 0 Å². The lowest BCUT2D eigenvalue weighted by atomic mass is 9.85. The van der Waals surface area contributed by atoms with Gasteiger partial charge in [-0.1, -0.05) is 50.6 Å². The summed E-state index contributed by atoms with van der Waals surface area (Å²) in [6.45, 7) is 16.5. The van der Waals surface area contributed by atoms with E-state index in [1.807, 2.05) is 31.2 Å². The van der Waals surface area contributed by atoms with Crippen molar-refractivity contribution < 1.29 is 14.3 Å². The van der Waals surface area contributed by atoms with Gasteiger partial charge in [0.1, 0.15) is 5.75 Å². The third-order valence-electron chi connectivity index (χ3n) is 7.61. The van der Waals surface area contributed by atoms with Crippen molar-refractivity contribution in [2.45, 2.75) is 83.7 Å². The average Bonchev–Trinajstić information content (AvgIpc) is 2.76. The lowest BCUT2D eigenvalue weighted by Gasteiger charge is -2.40. The monoisotopic (exact) mass is 482 g/mol. The SMILES string of the molecule is Cc1ccc(CC2(O)CCN(C(C)C(=O)Nc3ccc(O[Si](C)(C)C(C)(C)C)cc3)CC2)cc1. The van der Waals surface area contributed by atoms with Gasteiger partial charge in [0.05, 0.1) is 11.6 Å². The molecular formula is C28H42N2O3Si. The maximum absolute atomic E-state index is 12.9. The van der Waals surface area contributed by atoms with Crippen LogP contribution in [0.2, 0.25) is 18.1 Å². The van der Waals surface area contributed by atoms with Gasteiger partial charge in [0, 0.05) is 25.2 Å². The molecule has 5 nitrogen and oxygen atoms in total. The second-order valence-corrected chi connectivity index (χ2v) is 16.2. The molecule has 1 heterocycles. The number of rotatable bonds is 7. The molecule has 2 aromatic carbocycles. The Hall–Kier alpha value is -2.15. The van der Waals surface area contributed by atoms with Crippen LogP contribution in [-0.2, 0) is 11.2 Å². The molecule has 0 spiro atoms. The molecule has 0 aliphatic carbocycles. The second kappa shape index (κ2) is 10.2. The van der Waals surface area contributed by atoms with Crippen LogP contribution in [0.1, 0.15) is 51.7 Å². The Morgan fingerprint density at radius 1 is 1.09 bits per heavy atom. The number of likely N-dealkylation sites (tertiary alicyclic amines) is 1. The van der Waals surface area contributed by atoms with Crippen molar-refractivity contribution in [3.63, 3.8) is 0 Å². The highest BCUT2D eigenvalue weighted by molar-refractivity contribution is 6.74. The Kier molecular flexibility index (Phi) is 7.95. The maximum atomic E-state index is 12.9.